The second-order valence-electron chi connectivity index (χ2n) is 5.28. The van der Waals surface area contributed by atoms with E-state index in [0.717, 1.165) is 29.7 Å². The van der Waals surface area contributed by atoms with E-state index in [1.54, 1.807) is 0 Å². The van der Waals surface area contributed by atoms with Crippen molar-refractivity contribution in [2.75, 3.05) is 7.11 Å². The van der Waals surface area contributed by atoms with Gasteiger partial charge in [0.2, 0.25) is 0 Å². The first-order valence-electron chi connectivity index (χ1n) is 6.38. The molecule has 3 nitrogen and oxygen atoms in total. The number of aromatic nitrogens is 2. The lowest BCUT2D eigenvalue weighted by atomic mass is 9.80. The van der Waals surface area contributed by atoms with Crippen LogP contribution in [0.15, 0.2) is 18.2 Å². The van der Waals surface area contributed by atoms with E-state index < -0.39 is 0 Å². The maximum absolute atomic E-state index is 5.70. The Morgan fingerprint density at radius 3 is 2.83 bits per heavy atom. The molecule has 1 heterocycles. The van der Waals surface area contributed by atoms with E-state index in [9.17, 15) is 0 Å². The summed E-state index contributed by atoms with van der Waals surface area (Å²) in [6.07, 6.45) is 3.51. The number of H-pyrrole nitrogens is 1. The van der Waals surface area contributed by atoms with Gasteiger partial charge in [0, 0.05) is 7.11 Å². The van der Waals surface area contributed by atoms with Gasteiger partial charge in [0.25, 0.3) is 0 Å². The molecular weight excluding hydrogens is 244 g/mol. The molecule has 96 valence electrons. The van der Waals surface area contributed by atoms with Crippen LogP contribution < -0.4 is 0 Å². The number of aryl methyl sites for hydroxylation is 1. The normalized spacial score (nSPS) is 17.9. The molecule has 1 aliphatic rings. The van der Waals surface area contributed by atoms with Crippen molar-refractivity contribution in [2.45, 2.75) is 38.3 Å². The second-order valence-corrected chi connectivity index (χ2v) is 5.66. The van der Waals surface area contributed by atoms with Gasteiger partial charge >= 0.3 is 0 Å². The van der Waals surface area contributed by atoms with Crippen molar-refractivity contribution < 1.29 is 4.74 Å². The molecule has 18 heavy (non-hydrogen) atoms. The number of hydrogen-bond donors (Lipinski definition) is 1. The van der Waals surface area contributed by atoms with Crippen LogP contribution in [0.25, 0.3) is 11.0 Å². The number of nitrogens with one attached hydrogen (secondary N) is 1. The number of methoxy groups -OCH3 is 1. The summed E-state index contributed by atoms with van der Waals surface area (Å²) in [6.45, 7) is 2.96. The zero-order valence-corrected chi connectivity index (χ0v) is 11.6. The summed E-state index contributed by atoms with van der Waals surface area (Å²) < 4.78 is 8.67. The number of aromatic amines is 1. The molecule has 0 saturated heterocycles. The van der Waals surface area contributed by atoms with Crippen LogP contribution >= 0.6 is 12.2 Å². The third kappa shape index (κ3) is 1.80. The molecule has 0 unspecified atom stereocenters. The zero-order valence-electron chi connectivity index (χ0n) is 10.8. The van der Waals surface area contributed by atoms with Crippen LogP contribution in [-0.2, 0) is 11.3 Å². The minimum absolute atomic E-state index is 0.00288. The largest absolute Gasteiger partial charge is 0.376 e. The highest BCUT2D eigenvalue weighted by Gasteiger charge is 2.37. The summed E-state index contributed by atoms with van der Waals surface area (Å²) in [5.74, 6) is 0. The van der Waals surface area contributed by atoms with Gasteiger partial charge in [0.1, 0.15) is 0 Å². The van der Waals surface area contributed by atoms with Gasteiger partial charge in [-0.05, 0) is 56.1 Å². The Labute approximate surface area is 112 Å². The molecule has 1 aromatic carbocycles. The molecule has 1 aliphatic carbocycles. The van der Waals surface area contributed by atoms with Crippen LogP contribution in [0.4, 0.5) is 0 Å². The fraction of sp³-hybridized carbons (Fsp3) is 0.500. The molecule has 0 spiro atoms. The highest BCUT2D eigenvalue weighted by Crippen LogP contribution is 2.37. The summed E-state index contributed by atoms with van der Waals surface area (Å²) in [6, 6.07) is 6.38. The van der Waals surface area contributed by atoms with Crippen molar-refractivity contribution in [1.29, 1.82) is 0 Å². The molecule has 4 heteroatoms. The standard InChI is InChI=1S/C14H18N2OS/c1-10-4-5-11-12(8-10)16(13(18)15-11)9-14(17-2)6-3-7-14/h4-5,8H,3,6-7,9H2,1-2H3,(H,15,18). The van der Waals surface area contributed by atoms with E-state index in [0.29, 0.717) is 0 Å². The summed E-state index contributed by atoms with van der Waals surface area (Å²) >= 11 is 5.44. The predicted octanol–water partition coefficient (Wildman–Crippen LogP) is 3.58. The monoisotopic (exact) mass is 262 g/mol. The molecule has 1 N–H and O–H groups in total. The minimum atomic E-state index is -0.00288. The average molecular weight is 262 g/mol. The van der Waals surface area contributed by atoms with E-state index in [2.05, 4.69) is 34.7 Å². The molecule has 0 bridgehead atoms. The number of hydrogen-bond acceptors (Lipinski definition) is 2. The highest BCUT2D eigenvalue weighted by molar-refractivity contribution is 7.71. The van der Waals surface area contributed by atoms with Gasteiger partial charge < -0.3 is 14.3 Å². The Balaban J connectivity index is 2.08. The van der Waals surface area contributed by atoms with Crippen LogP contribution in [-0.4, -0.2) is 22.3 Å². The molecule has 1 fully saturated rings. The van der Waals surface area contributed by atoms with Crippen molar-refractivity contribution in [2.24, 2.45) is 0 Å². The lowest BCUT2D eigenvalue weighted by molar-refractivity contribution is -0.0830. The predicted molar refractivity (Wildman–Crippen MR) is 75.5 cm³/mol. The van der Waals surface area contributed by atoms with Crippen molar-refractivity contribution in [3.63, 3.8) is 0 Å². The summed E-state index contributed by atoms with van der Waals surface area (Å²) in [5, 5.41) is 0. The van der Waals surface area contributed by atoms with Crippen LogP contribution in [0.5, 0.6) is 0 Å². The number of benzene rings is 1. The van der Waals surface area contributed by atoms with E-state index in [-0.39, 0.29) is 5.60 Å². The topological polar surface area (TPSA) is 29.9 Å². The quantitative estimate of drug-likeness (QED) is 0.857. The molecule has 0 atom stereocenters. The lowest BCUT2D eigenvalue weighted by Crippen LogP contribution is -2.43. The smallest absolute Gasteiger partial charge is 0.178 e. The van der Waals surface area contributed by atoms with Gasteiger partial charge in [0.15, 0.2) is 4.77 Å². The first-order valence-corrected chi connectivity index (χ1v) is 6.79. The van der Waals surface area contributed by atoms with Gasteiger partial charge in [-0.2, -0.15) is 0 Å². The van der Waals surface area contributed by atoms with Gasteiger partial charge in [-0.1, -0.05) is 6.07 Å². The molecule has 0 amide bonds. The molecule has 1 saturated carbocycles. The Bertz CT molecular complexity index is 631. The number of imidazole rings is 1. The average Bonchev–Trinajstić information content (AvgIpc) is 2.60. The fourth-order valence-electron chi connectivity index (χ4n) is 2.71. The highest BCUT2D eigenvalue weighted by atomic mass is 32.1. The van der Waals surface area contributed by atoms with E-state index >= 15 is 0 Å². The summed E-state index contributed by atoms with van der Waals surface area (Å²) in [4.78, 5) is 3.27. The van der Waals surface area contributed by atoms with Crippen molar-refractivity contribution >= 4 is 23.3 Å². The maximum Gasteiger partial charge on any atom is 0.178 e. The van der Waals surface area contributed by atoms with Gasteiger partial charge in [0.05, 0.1) is 23.2 Å². The van der Waals surface area contributed by atoms with Gasteiger partial charge in [-0.3, -0.25) is 0 Å². The van der Waals surface area contributed by atoms with Crippen LogP contribution in [0.1, 0.15) is 24.8 Å². The van der Waals surface area contributed by atoms with E-state index in [4.69, 9.17) is 17.0 Å². The second kappa shape index (κ2) is 4.21. The maximum atomic E-state index is 5.70. The lowest BCUT2D eigenvalue weighted by Gasteiger charge is -2.40. The first kappa shape index (κ1) is 11.9. The third-order valence-corrected chi connectivity index (χ3v) is 4.40. The van der Waals surface area contributed by atoms with Gasteiger partial charge in [-0.15, -0.1) is 0 Å². The molecule has 0 radical (unpaired) electrons. The third-order valence-electron chi connectivity index (χ3n) is 4.07. The Hall–Kier alpha value is -1.13. The SMILES string of the molecule is COC1(Cn2c(=S)[nH]c3ccc(C)cc32)CCC1. The number of rotatable bonds is 3. The Morgan fingerprint density at radius 1 is 1.44 bits per heavy atom. The van der Waals surface area contributed by atoms with E-state index in [1.165, 1.54) is 17.5 Å². The Kier molecular flexibility index (Phi) is 2.79. The molecule has 0 aliphatic heterocycles. The number of fused-ring (bicyclic) bond motifs is 1. The first-order chi connectivity index (χ1) is 8.63. The van der Waals surface area contributed by atoms with Crippen LogP contribution in [0.3, 0.4) is 0 Å². The van der Waals surface area contributed by atoms with E-state index in [1.807, 2.05) is 7.11 Å². The van der Waals surface area contributed by atoms with Crippen molar-refractivity contribution in [1.82, 2.24) is 9.55 Å². The van der Waals surface area contributed by atoms with Crippen LogP contribution in [0, 0.1) is 11.7 Å². The fourth-order valence-corrected chi connectivity index (χ4v) is 2.98. The summed E-state index contributed by atoms with van der Waals surface area (Å²) in [7, 11) is 1.81. The number of nitrogens with zero attached hydrogens (tertiary/aromatic N) is 1. The molecule has 1 aromatic heterocycles. The molecule has 2 aromatic rings. The van der Waals surface area contributed by atoms with Crippen LogP contribution in [0.2, 0.25) is 0 Å². The summed E-state index contributed by atoms with van der Waals surface area (Å²) in [5.41, 5.74) is 3.54. The zero-order chi connectivity index (χ0) is 12.8. The van der Waals surface area contributed by atoms with Crippen molar-refractivity contribution in [3.8, 4) is 0 Å². The van der Waals surface area contributed by atoms with Gasteiger partial charge in [-0.25, -0.2) is 0 Å². The Morgan fingerprint density at radius 2 is 2.22 bits per heavy atom. The van der Waals surface area contributed by atoms with Crippen molar-refractivity contribution in [3.05, 3.63) is 28.5 Å². The molecule has 3 rings (SSSR count). The minimum Gasteiger partial charge on any atom is -0.376 e. The number of ether oxygens (including phenoxy) is 1. The molecular formula is C14H18N2OS.